The molecule has 2 aliphatic rings. The minimum atomic E-state index is -2.08. The van der Waals surface area contributed by atoms with Gasteiger partial charge in [0, 0.05) is 33.2 Å². The van der Waals surface area contributed by atoms with Crippen LogP contribution in [-0.4, -0.2) is 73.8 Å². The van der Waals surface area contributed by atoms with Crippen molar-refractivity contribution in [2.75, 3.05) is 21.3 Å². The molecule has 0 aliphatic carbocycles. The van der Waals surface area contributed by atoms with E-state index in [-0.39, 0.29) is 24.0 Å². The van der Waals surface area contributed by atoms with Crippen molar-refractivity contribution in [1.29, 1.82) is 0 Å². The van der Waals surface area contributed by atoms with Gasteiger partial charge in [-0.15, -0.1) is 0 Å². The fraction of sp³-hybridized carbons (Fsp3) is 0.690. The van der Waals surface area contributed by atoms with Crippen LogP contribution < -0.4 is 0 Å². The van der Waals surface area contributed by atoms with Crippen molar-refractivity contribution in [2.24, 2.45) is 17.8 Å². The van der Waals surface area contributed by atoms with E-state index in [0.29, 0.717) is 6.42 Å². The van der Waals surface area contributed by atoms with Crippen LogP contribution in [0.1, 0.15) is 58.1 Å². The molecule has 8 heteroatoms. The van der Waals surface area contributed by atoms with Gasteiger partial charge in [-0.25, -0.2) is 0 Å². The smallest absolute Gasteiger partial charge is 0.314 e. The molecule has 37 heavy (non-hydrogen) atoms. The number of methoxy groups -OCH3 is 3. The summed E-state index contributed by atoms with van der Waals surface area (Å²) in [5, 5.41) is 22.9. The minimum Gasteiger partial charge on any atom is -0.457 e. The number of cyclic esters (lactones) is 1. The highest BCUT2D eigenvalue weighted by atomic mass is 16.7. The van der Waals surface area contributed by atoms with Crippen LogP contribution in [0.15, 0.2) is 42.5 Å². The third kappa shape index (κ3) is 6.61. The van der Waals surface area contributed by atoms with Crippen molar-refractivity contribution in [3.8, 4) is 0 Å². The molecule has 2 heterocycles. The predicted octanol–water partition coefficient (Wildman–Crippen LogP) is 3.80. The molecule has 1 unspecified atom stereocenters. The Balaban J connectivity index is 2.01. The average molecular weight is 521 g/mol. The van der Waals surface area contributed by atoms with Crippen molar-refractivity contribution in [2.45, 2.75) is 88.9 Å². The number of carbonyl (C=O) groups excluding carboxylic acids is 1. The fourth-order valence-corrected chi connectivity index (χ4v) is 5.56. The lowest BCUT2D eigenvalue weighted by Crippen LogP contribution is -2.66. The van der Waals surface area contributed by atoms with Crippen molar-refractivity contribution < 1.29 is 38.7 Å². The van der Waals surface area contributed by atoms with Crippen molar-refractivity contribution in [1.82, 2.24) is 0 Å². The van der Waals surface area contributed by atoms with Gasteiger partial charge in [0.05, 0.1) is 18.3 Å². The second-order valence-corrected chi connectivity index (χ2v) is 10.4. The fourth-order valence-electron chi connectivity index (χ4n) is 5.56. The van der Waals surface area contributed by atoms with Crippen LogP contribution in [0.2, 0.25) is 0 Å². The summed E-state index contributed by atoms with van der Waals surface area (Å²) in [4.78, 5) is 13.5. The molecule has 0 radical (unpaired) electrons. The summed E-state index contributed by atoms with van der Waals surface area (Å²) in [6.07, 6.45) is 3.29. The van der Waals surface area contributed by atoms with Gasteiger partial charge in [-0.3, -0.25) is 4.79 Å². The van der Waals surface area contributed by atoms with Crippen molar-refractivity contribution in [3.05, 3.63) is 48.0 Å². The molecular weight excluding hydrogens is 476 g/mol. The number of aliphatic hydroxyl groups is 2. The molecule has 0 spiro atoms. The first-order chi connectivity index (χ1) is 17.7. The van der Waals surface area contributed by atoms with Crippen LogP contribution >= 0.6 is 0 Å². The molecule has 0 aromatic heterocycles. The number of ether oxygens (including phenoxy) is 5. The van der Waals surface area contributed by atoms with Gasteiger partial charge >= 0.3 is 5.97 Å². The zero-order valence-electron chi connectivity index (χ0n) is 22.9. The SMILES string of the molecule is COC1CCCC[C@@H](c2ccccc2)OC(=O)[C@@H](C)[C@@]2(O)O[C@H]([C@@H](C)[C@H](O)[C@H]2OC)[C@@H](C)/C=C/[C@H]1OC. The van der Waals surface area contributed by atoms with E-state index in [1.54, 1.807) is 21.1 Å². The first-order valence-electron chi connectivity index (χ1n) is 13.3. The zero-order chi connectivity index (χ0) is 27.2. The van der Waals surface area contributed by atoms with E-state index in [9.17, 15) is 15.0 Å². The molecule has 2 aliphatic heterocycles. The number of carbonyl (C=O) groups is 1. The lowest BCUT2D eigenvalue weighted by Gasteiger charge is -2.51. The zero-order valence-corrected chi connectivity index (χ0v) is 22.9. The topological polar surface area (TPSA) is 104 Å². The Hall–Kier alpha value is -1.81. The van der Waals surface area contributed by atoms with E-state index in [2.05, 4.69) is 0 Å². The van der Waals surface area contributed by atoms with Gasteiger partial charge in [0.2, 0.25) is 5.79 Å². The lowest BCUT2D eigenvalue weighted by molar-refractivity contribution is -0.360. The number of hydrogen-bond donors (Lipinski definition) is 2. The van der Waals surface area contributed by atoms with Gasteiger partial charge < -0.3 is 33.9 Å². The predicted molar refractivity (Wildman–Crippen MR) is 139 cm³/mol. The van der Waals surface area contributed by atoms with Crippen LogP contribution in [0.3, 0.4) is 0 Å². The van der Waals surface area contributed by atoms with Gasteiger partial charge in [-0.05, 0) is 31.7 Å². The second-order valence-electron chi connectivity index (χ2n) is 10.4. The monoisotopic (exact) mass is 520 g/mol. The Morgan fingerprint density at radius 2 is 1.62 bits per heavy atom. The first kappa shape index (κ1) is 29.7. The highest BCUT2D eigenvalue weighted by molar-refractivity contribution is 5.73. The number of benzene rings is 1. The molecule has 0 amide bonds. The highest BCUT2D eigenvalue weighted by Crippen LogP contribution is 2.42. The first-order valence-corrected chi connectivity index (χ1v) is 13.3. The summed E-state index contributed by atoms with van der Waals surface area (Å²) in [5.41, 5.74) is 0.880. The number of aliphatic hydroxyl groups excluding tert-OH is 1. The number of fused-ring (bicyclic) bond motifs is 2. The standard InChI is InChI=1S/C29H44O8/c1-18-16-17-24(34-5)23(33-4)15-11-10-14-22(21-12-8-7-9-13-21)36-28(31)20(3)29(32)27(35-6)25(30)19(2)26(18)37-29/h7-9,12-13,16-20,22-27,30,32H,10-11,14-15H2,1-6H3/b17-16+/t18-,19-,20+,22-,23?,24+,25-,26-,27+,29+/m0/s1. The molecule has 10 atom stereocenters. The van der Waals surface area contributed by atoms with E-state index in [4.69, 9.17) is 23.7 Å². The van der Waals surface area contributed by atoms with E-state index < -0.39 is 42.1 Å². The van der Waals surface area contributed by atoms with Crippen LogP contribution in [0.4, 0.5) is 0 Å². The summed E-state index contributed by atoms with van der Waals surface area (Å²) in [7, 11) is 4.72. The third-order valence-electron chi connectivity index (χ3n) is 8.03. The van der Waals surface area contributed by atoms with Gasteiger partial charge in [-0.2, -0.15) is 0 Å². The van der Waals surface area contributed by atoms with Crippen LogP contribution in [0, 0.1) is 17.8 Å². The Bertz CT molecular complexity index is 876. The molecular formula is C29H44O8. The highest BCUT2D eigenvalue weighted by Gasteiger charge is 2.58. The molecule has 1 aromatic rings. The van der Waals surface area contributed by atoms with E-state index in [1.807, 2.05) is 56.3 Å². The van der Waals surface area contributed by atoms with Crippen molar-refractivity contribution in [3.63, 3.8) is 0 Å². The van der Waals surface area contributed by atoms with Crippen molar-refractivity contribution >= 4 is 5.97 Å². The maximum absolute atomic E-state index is 13.5. The number of hydrogen-bond acceptors (Lipinski definition) is 8. The quantitative estimate of drug-likeness (QED) is 0.456. The molecule has 1 fully saturated rings. The Morgan fingerprint density at radius 1 is 0.946 bits per heavy atom. The molecule has 8 nitrogen and oxygen atoms in total. The van der Waals surface area contributed by atoms with Gasteiger partial charge in [0.1, 0.15) is 24.2 Å². The Kier molecular flexibility index (Phi) is 10.7. The molecule has 1 saturated heterocycles. The largest absolute Gasteiger partial charge is 0.457 e. The molecule has 1 aromatic carbocycles. The lowest BCUT2D eigenvalue weighted by atomic mass is 9.78. The molecule has 0 saturated carbocycles. The van der Waals surface area contributed by atoms with Gasteiger partial charge in [0.15, 0.2) is 0 Å². The maximum atomic E-state index is 13.5. The maximum Gasteiger partial charge on any atom is 0.314 e. The number of rotatable bonds is 4. The average Bonchev–Trinajstić information content (AvgIpc) is 2.90. The van der Waals surface area contributed by atoms with E-state index in [1.165, 1.54) is 7.11 Å². The normalized spacial score (nSPS) is 41.1. The van der Waals surface area contributed by atoms with E-state index in [0.717, 1.165) is 24.8 Å². The molecule has 2 bridgehead atoms. The number of esters is 1. The van der Waals surface area contributed by atoms with Gasteiger partial charge in [-0.1, -0.05) is 62.8 Å². The summed E-state index contributed by atoms with van der Waals surface area (Å²) in [6.45, 7) is 5.36. The molecule has 208 valence electrons. The van der Waals surface area contributed by atoms with Crippen LogP contribution in [0.5, 0.6) is 0 Å². The van der Waals surface area contributed by atoms with Crippen LogP contribution in [-0.2, 0) is 28.5 Å². The third-order valence-corrected chi connectivity index (χ3v) is 8.03. The summed E-state index contributed by atoms with van der Waals surface area (Å²) in [6, 6.07) is 9.58. The van der Waals surface area contributed by atoms with E-state index >= 15 is 0 Å². The molecule has 2 N–H and O–H groups in total. The summed E-state index contributed by atoms with van der Waals surface area (Å²) < 4.78 is 29.3. The summed E-state index contributed by atoms with van der Waals surface area (Å²) >= 11 is 0. The molecule has 3 rings (SSSR count). The van der Waals surface area contributed by atoms with Gasteiger partial charge in [0.25, 0.3) is 0 Å². The van der Waals surface area contributed by atoms with Crippen LogP contribution in [0.25, 0.3) is 0 Å². The Morgan fingerprint density at radius 3 is 2.24 bits per heavy atom. The second kappa shape index (κ2) is 13.3. The Labute approximate surface area is 220 Å². The summed E-state index contributed by atoms with van der Waals surface area (Å²) in [5.74, 6) is -4.38. The minimum absolute atomic E-state index is 0.149.